The maximum Gasteiger partial charge on any atom is 0.259 e. The lowest BCUT2D eigenvalue weighted by atomic mass is 9.76. The number of nitrogens with zero attached hydrogens (tertiary/aromatic N) is 2. The molecule has 2 N–H and O–H groups in total. The topological polar surface area (TPSA) is 88.0 Å². The molecule has 6 aromatic rings. The van der Waals surface area contributed by atoms with E-state index >= 15 is 0 Å². The average molecular weight is 835 g/mol. The zero-order chi connectivity index (χ0) is 43.1. The number of nitriles is 1. The van der Waals surface area contributed by atoms with Crippen LogP contribution < -0.4 is 20.1 Å². The minimum Gasteiger partial charge on any atom is -0.497 e. The van der Waals surface area contributed by atoms with Crippen LogP contribution in [-0.2, 0) is 20.1 Å². The smallest absolute Gasteiger partial charge is 0.259 e. The fourth-order valence-electron chi connectivity index (χ4n) is 8.15. The third-order valence-corrected chi connectivity index (χ3v) is 13.1. The molecule has 0 aromatic heterocycles. The van der Waals surface area contributed by atoms with E-state index in [1.807, 2.05) is 48.5 Å². The molecule has 1 unspecified atom stereocenters. The first-order valence-electron chi connectivity index (χ1n) is 21.0. The maximum atomic E-state index is 9.57. The number of nitrogens with one attached hydrogen (secondary N) is 2. The van der Waals surface area contributed by atoms with Gasteiger partial charge in [0.05, 0.1) is 50.5 Å². The Bertz CT molecular complexity index is 1990. The Morgan fingerprint density at radius 3 is 1.15 bits per heavy atom. The van der Waals surface area contributed by atoms with Crippen LogP contribution in [0.25, 0.3) is 0 Å². The summed E-state index contributed by atoms with van der Waals surface area (Å²) in [5.74, 6) is 1.56. The molecule has 316 valence electrons. The second-order valence-electron chi connectivity index (χ2n) is 15.5. The van der Waals surface area contributed by atoms with Gasteiger partial charge in [0.1, 0.15) is 11.5 Å². The van der Waals surface area contributed by atoms with E-state index in [2.05, 4.69) is 170 Å². The predicted molar refractivity (Wildman–Crippen MR) is 248 cm³/mol. The van der Waals surface area contributed by atoms with Crippen molar-refractivity contribution in [3.05, 3.63) is 203 Å². The summed E-state index contributed by atoms with van der Waals surface area (Å²) >= 11 is 0. The molecule has 0 amide bonds. The highest BCUT2D eigenvalue weighted by molar-refractivity contribution is 7.44. The van der Waals surface area contributed by atoms with Crippen molar-refractivity contribution in [3.8, 4) is 17.6 Å². The van der Waals surface area contributed by atoms with Crippen molar-refractivity contribution in [2.75, 3.05) is 33.9 Å². The summed E-state index contributed by atoms with van der Waals surface area (Å²) in [6.45, 7) is 9.74. The van der Waals surface area contributed by atoms with Crippen molar-refractivity contribution in [1.82, 2.24) is 15.3 Å². The Kier molecular flexibility index (Phi) is 16.3. The quantitative estimate of drug-likeness (QED) is 0.0397. The minimum absolute atomic E-state index is 0.119. The lowest BCUT2D eigenvalue weighted by Crippen LogP contribution is -2.53. The number of ether oxygens (including phenoxy) is 2. The van der Waals surface area contributed by atoms with Gasteiger partial charge in [-0.05, 0) is 85.3 Å². The van der Waals surface area contributed by atoms with Gasteiger partial charge in [0.25, 0.3) is 8.53 Å². The molecule has 6 aromatic carbocycles. The van der Waals surface area contributed by atoms with Gasteiger partial charge in [0.15, 0.2) is 0 Å². The third kappa shape index (κ3) is 10.6. The van der Waals surface area contributed by atoms with Gasteiger partial charge in [-0.25, -0.2) is 4.67 Å². The molecule has 6 rings (SSSR count). The number of hydrogen-bond donors (Lipinski definition) is 2. The van der Waals surface area contributed by atoms with E-state index < -0.39 is 25.7 Å². The third-order valence-electron chi connectivity index (χ3n) is 11.0. The highest BCUT2D eigenvalue weighted by atomic mass is 31.2. The zero-order valence-electron chi connectivity index (χ0n) is 36.2. The predicted octanol–water partition coefficient (Wildman–Crippen LogP) is 10.8. The molecule has 0 spiro atoms. The van der Waals surface area contributed by atoms with E-state index in [0.717, 1.165) is 44.9 Å². The highest BCUT2D eigenvalue weighted by Crippen LogP contribution is 2.48. The summed E-state index contributed by atoms with van der Waals surface area (Å²) in [6.07, 6.45) is -0.193. The van der Waals surface area contributed by atoms with Crippen LogP contribution in [0.5, 0.6) is 11.5 Å². The summed E-state index contributed by atoms with van der Waals surface area (Å²) < 4.78 is 27.5. The molecule has 0 saturated heterocycles. The first-order chi connectivity index (χ1) is 29.8. The van der Waals surface area contributed by atoms with Gasteiger partial charge in [0, 0.05) is 25.2 Å². The molecule has 0 bridgehead atoms. The molecular weight excluding hydrogens is 776 g/mol. The number of rotatable bonds is 22. The molecule has 0 heterocycles. The van der Waals surface area contributed by atoms with Crippen LogP contribution in [0.2, 0.25) is 0 Å². The van der Waals surface area contributed by atoms with Crippen molar-refractivity contribution in [1.29, 1.82) is 5.26 Å². The Morgan fingerprint density at radius 2 is 0.852 bits per heavy atom. The molecule has 0 aliphatic heterocycles. The van der Waals surface area contributed by atoms with Gasteiger partial charge in [-0.2, -0.15) is 5.26 Å². The van der Waals surface area contributed by atoms with Crippen LogP contribution in [0.3, 0.4) is 0 Å². The molecule has 1 atom stereocenters. The molecule has 8 nitrogen and oxygen atoms in total. The highest BCUT2D eigenvalue weighted by Gasteiger charge is 2.40. The number of hydrogen-bond acceptors (Lipinski definition) is 8. The molecule has 0 aliphatic rings. The van der Waals surface area contributed by atoms with Crippen LogP contribution in [-0.4, -0.2) is 56.8 Å². The van der Waals surface area contributed by atoms with E-state index in [0.29, 0.717) is 13.1 Å². The zero-order valence-corrected chi connectivity index (χ0v) is 37.1. The van der Waals surface area contributed by atoms with Crippen LogP contribution in [0.4, 0.5) is 0 Å². The van der Waals surface area contributed by atoms with Crippen molar-refractivity contribution >= 4 is 8.53 Å². The monoisotopic (exact) mass is 834 g/mol. The van der Waals surface area contributed by atoms with Crippen LogP contribution in [0.15, 0.2) is 170 Å². The molecule has 9 heteroatoms. The van der Waals surface area contributed by atoms with E-state index in [9.17, 15) is 5.26 Å². The summed E-state index contributed by atoms with van der Waals surface area (Å²) in [4.78, 5) is 0. The molecular formula is C52H59N4O4P. The first kappa shape index (κ1) is 45.2. The lowest BCUT2D eigenvalue weighted by molar-refractivity contribution is 0.122. The van der Waals surface area contributed by atoms with Crippen molar-refractivity contribution < 1.29 is 18.5 Å². The summed E-state index contributed by atoms with van der Waals surface area (Å²) in [5, 5.41) is 17.8. The van der Waals surface area contributed by atoms with E-state index in [4.69, 9.17) is 18.5 Å². The second kappa shape index (κ2) is 21.9. The van der Waals surface area contributed by atoms with Gasteiger partial charge in [-0.15, -0.1) is 0 Å². The fourth-order valence-corrected chi connectivity index (χ4v) is 9.86. The molecule has 0 fully saturated rings. The largest absolute Gasteiger partial charge is 0.497 e. The average Bonchev–Trinajstić information content (AvgIpc) is 3.30. The van der Waals surface area contributed by atoms with E-state index in [-0.39, 0.29) is 25.1 Å². The van der Waals surface area contributed by atoms with Crippen molar-refractivity contribution in [3.63, 3.8) is 0 Å². The molecule has 0 saturated carbocycles. The Labute approximate surface area is 364 Å². The normalized spacial score (nSPS) is 12.5. The molecule has 0 aliphatic carbocycles. The lowest BCUT2D eigenvalue weighted by Gasteiger charge is -2.42. The standard InChI is InChI=1S/C52H59N4O4P/c1-40(2)56(41(3)4)61(59-37-19-36-53)60-50(38-54-51(42-20-11-7-12-21-42,43-22-13-8-14-23-43)46-28-32-48(57-5)33-29-46)39-55-52(44-24-15-9-16-25-44,45-26-17-10-18-27-45)47-30-34-49(58-6)35-31-47/h7-18,20-35,40-41,50,54-55H,19,37-39H2,1-6H3. The summed E-state index contributed by atoms with van der Waals surface area (Å²) in [7, 11) is 1.76. The first-order valence-corrected chi connectivity index (χ1v) is 22.2. The van der Waals surface area contributed by atoms with Gasteiger partial charge in [-0.1, -0.05) is 146 Å². The fraction of sp³-hybridized carbons (Fsp3) is 0.288. The van der Waals surface area contributed by atoms with Gasteiger partial charge >= 0.3 is 0 Å². The van der Waals surface area contributed by atoms with Crippen LogP contribution in [0, 0.1) is 11.3 Å². The summed E-state index contributed by atoms with van der Waals surface area (Å²) in [6, 6.07) is 61.4. The Morgan fingerprint density at radius 1 is 0.525 bits per heavy atom. The van der Waals surface area contributed by atoms with Crippen LogP contribution >= 0.6 is 8.53 Å². The van der Waals surface area contributed by atoms with Gasteiger partial charge in [0.2, 0.25) is 0 Å². The van der Waals surface area contributed by atoms with Gasteiger partial charge in [-0.3, -0.25) is 10.6 Å². The number of benzene rings is 6. The maximum absolute atomic E-state index is 9.57. The van der Waals surface area contributed by atoms with Crippen molar-refractivity contribution in [2.24, 2.45) is 0 Å². The Balaban J connectivity index is 1.52. The van der Waals surface area contributed by atoms with E-state index in [1.54, 1.807) is 14.2 Å². The molecule has 61 heavy (non-hydrogen) atoms. The van der Waals surface area contributed by atoms with Crippen molar-refractivity contribution in [2.45, 2.75) is 63.4 Å². The SMILES string of the molecule is COc1ccc(C(NCC(CNC(c2ccccc2)(c2ccccc2)c2ccc(OC)cc2)OP(OCCC#N)N(C(C)C)C(C)C)(c2ccccc2)c2ccccc2)cc1. The number of methoxy groups -OCH3 is 2. The van der Waals surface area contributed by atoms with Crippen LogP contribution in [0.1, 0.15) is 67.5 Å². The van der Waals surface area contributed by atoms with Gasteiger partial charge < -0.3 is 18.5 Å². The summed E-state index contributed by atoms with van der Waals surface area (Å²) in [5.41, 5.74) is 4.85. The van der Waals surface area contributed by atoms with E-state index in [1.165, 1.54) is 0 Å². The second-order valence-corrected chi connectivity index (χ2v) is 16.9. The Hall–Kier alpha value is -5.36. The minimum atomic E-state index is -1.62. The molecule has 0 radical (unpaired) electrons.